The normalized spacial score (nSPS) is 11.8. The molecule has 0 aliphatic carbocycles. The molecule has 0 aromatic heterocycles. The number of carbonyl (C=O) groups excluding carboxylic acids is 1. The Morgan fingerprint density at radius 3 is 2.32 bits per heavy atom. The lowest BCUT2D eigenvalue weighted by Crippen LogP contribution is -2.32. The molecule has 0 saturated heterocycles. The van der Waals surface area contributed by atoms with Crippen LogP contribution in [0.15, 0.2) is 42.5 Å². The van der Waals surface area contributed by atoms with Crippen molar-refractivity contribution in [2.24, 2.45) is 0 Å². The van der Waals surface area contributed by atoms with Gasteiger partial charge in [-0.2, -0.15) is 0 Å². The molecule has 2 rings (SSSR count). The van der Waals surface area contributed by atoms with Gasteiger partial charge in [0, 0.05) is 5.69 Å². The predicted octanol–water partition coefficient (Wildman–Crippen LogP) is 4.41. The lowest BCUT2D eigenvalue weighted by Gasteiger charge is -2.18. The minimum Gasteiger partial charge on any atom is -0.481 e. The van der Waals surface area contributed by atoms with E-state index in [4.69, 9.17) is 4.74 Å². The number of amides is 1. The van der Waals surface area contributed by atoms with E-state index in [1.807, 2.05) is 70.2 Å². The van der Waals surface area contributed by atoms with Crippen LogP contribution in [-0.4, -0.2) is 12.0 Å². The summed E-state index contributed by atoms with van der Waals surface area (Å²) in [6.07, 6.45) is 0.118. The molecule has 2 aromatic rings. The summed E-state index contributed by atoms with van der Waals surface area (Å²) in [7, 11) is 0. The van der Waals surface area contributed by atoms with Crippen molar-refractivity contribution in [3.63, 3.8) is 0 Å². The second kappa shape index (κ2) is 7.12. The van der Waals surface area contributed by atoms with Gasteiger partial charge in [0.1, 0.15) is 5.75 Å². The summed E-state index contributed by atoms with van der Waals surface area (Å²) in [5, 5.41) is 2.97. The summed E-state index contributed by atoms with van der Waals surface area (Å²) in [6.45, 7) is 7.96. The van der Waals surface area contributed by atoms with Crippen LogP contribution in [0.1, 0.15) is 30.0 Å². The third-order valence-corrected chi connectivity index (χ3v) is 3.61. The molecule has 3 heteroatoms. The zero-order valence-corrected chi connectivity index (χ0v) is 13.6. The van der Waals surface area contributed by atoms with Crippen molar-refractivity contribution in [2.45, 2.75) is 40.2 Å². The Labute approximate surface area is 132 Å². The molecule has 0 aliphatic heterocycles. The van der Waals surface area contributed by atoms with Crippen molar-refractivity contribution in [1.29, 1.82) is 0 Å². The van der Waals surface area contributed by atoms with E-state index in [9.17, 15) is 4.79 Å². The molecule has 0 saturated carbocycles. The Morgan fingerprint density at radius 1 is 1.05 bits per heavy atom. The van der Waals surface area contributed by atoms with E-state index in [1.165, 1.54) is 5.56 Å². The third-order valence-electron chi connectivity index (χ3n) is 3.61. The van der Waals surface area contributed by atoms with Crippen LogP contribution in [0.4, 0.5) is 5.69 Å². The molecule has 0 bridgehead atoms. The van der Waals surface area contributed by atoms with E-state index in [0.29, 0.717) is 12.2 Å². The molecule has 1 N–H and O–H groups in total. The van der Waals surface area contributed by atoms with Crippen molar-refractivity contribution in [3.05, 3.63) is 59.2 Å². The smallest absolute Gasteiger partial charge is 0.265 e. The standard InChI is InChI=1S/C19H23NO2/c1-5-18(22-16-10-7-13(2)8-11-16)19(21)20-17-12-14(3)6-9-15(17)4/h6-12,18H,5H2,1-4H3,(H,20,21). The molecule has 0 fully saturated rings. The first kappa shape index (κ1) is 16.1. The summed E-state index contributed by atoms with van der Waals surface area (Å²) in [5.74, 6) is 0.602. The minimum absolute atomic E-state index is 0.114. The predicted molar refractivity (Wildman–Crippen MR) is 90.4 cm³/mol. The monoisotopic (exact) mass is 297 g/mol. The molecule has 1 unspecified atom stereocenters. The first-order valence-electron chi connectivity index (χ1n) is 7.61. The van der Waals surface area contributed by atoms with Gasteiger partial charge < -0.3 is 10.1 Å². The lowest BCUT2D eigenvalue weighted by molar-refractivity contribution is -0.122. The van der Waals surface area contributed by atoms with Gasteiger partial charge in [-0.25, -0.2) is 0 Å². The van der Waals surface area contributed by atoms with Crippen LogP contribution < -0.4 is 10.1 Å². The molecule has 0 heterocycles. The summed E-state index contributed by atoms with van der Waals surface area (Å²) >= 11 is 0. The number of hydrogen-bond acceptors (Lipinski definition) is 2. The number of anilines is 1. The fraction of sp³-hybridized carbons (Fsp3) is 0.316. The number of rotatable bonds is 5. The van der Waals surface area contributed by atoms with E-state index >= 15 is 0 Å². The average molecular weight is 297 g/mol. The second-order valence-electron chi connectivity index (χ2n) is 5.64. The molecule has 0 spiro atoms. The van der Waals surface area contributed by atoms with Crippen molar-refractivity contribution in [1.82, 2.24) is 0 Å². The number of nitrogens with one attached hydrogen (secondary N) is 1. The molecule has 0 radical (unpaired) electrons. The van der Waals surface area contributed by atoms with Gasteiger partial charge in [-0.15, -0.1) is 0 Å². The molecule has 1 atom stereocenters. The van der Waals surface area contributed by atoms with E-state index in [2.05, 4.69) is 5.32 Å². The van der Waals surface area contributed by atoms with Crippen LogP contribution in [0.5, 0.6) is 5.75 Å². The van der Waals surface area contributed by atoms with Crippen LogP contribution in [-0.2, 0) is 4.79 Å². The van der Waals surface area contributed by atoms with Gasteiger partial charge in [-0.05, 0) is 56.5 Å². The Morgan fingerprint density at radius 2 is 1.68 bits per heavy atom. The Kier molecular flexibility index (Phi) is 5.21. The number of ether oxygens (including phenoxy) is 1. The highest BCUT2D eigenvalue weighted by Crippen LogP contribution is 2.19. The summed E-state index contributed by atoms with van der Waals surface area (Å²) in [4.78, 5) is 12.4. The van der Waals surface area contributed by atoms with Crippen molar-refractivity contribution < 1.29 is 9.53 Å². The van der Waals surface area contributed by atoms with Gasteiger partial charge in [0.15, 0.2) is 6.10 Å². The van der Waals surface area contributed by atoms with Crippen molar-refractivity contribution in [2.75, 3.05) is 5.32 Å². The first-order chi connectivity index (χ1) is 10.5. The molecule has 2 aromatic carbocycles. The Balaban J connectivity index is 2.08. The zero-order valence-electron chi connectivity index (χ0n) is 13.6. The number of aryl methyl sites for hydroxylation is 3. The lowest BCUT2D eigenvalue weighted by atomic mass is 10.1. The summed E-state index contributed by atoms with van der Waals surface area (Å²) < 4.78 is 5.81. The number of benzene rings is 2. The SMILES string of the molecule is CCC(Oc1ccc(C)cc1)C(=O)Nc1cc(C)ccc1C. The first-order valence-corrected chi connectivity index (χ1v) is 7.61. The maximum atomic E-state index is 12.4. The maximum Gasteiger partial charge on any atom is 0.265 e. The van der Waals surface area contributed by atoms with E-state index in [1.54, 1.807) is 0 Å². The van der Waals surface area contributed by atoms with Gasteiger partial charge in [-0.3, -0.25) is 4.79 Å². The van der Waals surface area contributed by atoms with Gasteiger partial charge in [-0.1, -0.05) is 36.8 Å². The van der Waals surface area contributed by atoms with E-state index in [0.717, 1.165) is 16.8 Å². The largest absolute Gasteiger partial charge is 0.481 e. The van der Waals surface area contributed by atoms with Crippen LogP contribution in [0.3, 0.4) is 0 Å². The molecule has 0 aliphatic rings. The van der Waals surface area contributed by atoms with Crippen molar-refractivity contribution >= 4 is 11.6 Å². The summed E-state index contributed by atoms with van der Waals surface area (Å²) in [5.41, 5.74) is 4.17. The van der Waals surface area contributed by atoms with Crippen LogP contribution in [0, 0.1) is 20.8 Å². The van der Waals surface area contributed by atoms with Gasteiger partial charge in [0.05, 0.1) is 0 Å². The van der Waals surface area contributed by atoms with Crippen LogP contribution in [0.2, 0.25) is 0 Å². The topological polar surface area (TPSA) is 38.3 Å². The highest BCUT2D eigenvalue weighted by Gasteiger charge is 2.19. The minimum atomic E-state index is -0.498. The molecule has 116 valence electrons. The van der Waals surface area contributed by atoms with E-state index < -0.39 is 6.10 Å². The van der Waals surface area contributed by atoms with Gasteiger partial charge in [0.25, 0.3) is 5.91 Å². The molecular weight excluding hydrogens is 274 g/mol. The second-order valence-corrected chi connectivity index (χ2v) is 5.64. The fourth-order valence-electron chi connectivity index (χ4n) is 2.19. The third kappa shape index (κ3) is 4.10. The zero-order chi connectivity index (χ0) is 16.1. The maximum absolute atomic E-state index is 12.4. The Bertz CT molecular complexity index is 647. The van der Waals surface area contributed by atoms with Crippen molar-refractivity contribution in [3.8, 4) is 5.75 Å². The highest BCUT2D eigenvalue weighted by molar-refractivity contribution is 5.95. The number of carbonyl (C=O) groups is 1. The van der Waals surface area contributed by atoms with Gasteiger partial charge in [0.2, 0.25) is 0 Å². The quantitative estimate of drug-likeness (QED) is 0.888. The fourth-order valence-corrected chi connectivity index (χ4v) is 2.19. The molecular formula is C19H23NO2. The summed E-state index contributed by atoms with van der Waals surface area (Å²) in [6, 6.07) is 13.8. The molecule has 1 amide bonds. The van der Waals surface area contributed by atoms with Gasteiger partial charge >= 0.3 is 0 Å². The molecule has 3 nitrogen and oxygen atoms in total. The van der Waals surface area contributed by atoms with Crippen LogP contribution in [0.25, 0.3) is 0 Å². The highest BCUT2D eigenvalue weighted by atomic mass is 16.5. The van der Waals surface area contributed by atoms with Crippen LogP contribution >= 0.6 is 0 Å². The van der Waals surface area contributed by atoms with E-state index in [-0.39, 0.29) is 5.91 Å². The Hall–Kier alpha value is -2.29. The number of hydrogen-bond donors (Lipinski definition) is 1. The average Bonchev–Trinajstić information content (AvgIpc) is 2.50. The molecule has 22 heavy (non-hydrogen) atoms.